The Bertz CT molecular complexity index is 469. The number of likely N-dealkylation sites (tertiary alicyclic amines) is 1. The van der Waals surface area contributed by atoms with Gasteiger partial charge in [-0.25, -0.2) is 8.78 Å². The van der Waals surface area contributed by atoms with E-state index in [1.807, 2.05) is 0 Å². The molecule has 0 amide bonds. The Morgan fingerprint density at radius 1 is 1.26 bits per heavy atom. The fourth-order valence-electron chi connectivity index (χ4n) is 2.61. The van der Waals surface area contributed by atoms with Crippen molar-refractivity contribution in [1.29, 1.82) is 0 Å². The lowest BCUT2D eigenvalue weighted by Gasteiger charge is -2.36. The number of hydrogen-bond donors (Lipinski definition) is 1. The number of thiocarbonyl (C=S) groups is 1. The van der Waals surface area contributed by atoms with E-state index in [0.717, 1.165) is 19.2 Å². The first-order valence-electron chi connectivity index (χ1n) is 6.46. The third-order valence-corrected chi connectivity index (χ3v) is 3.69. The zero-order valence-electron chi connectivity index (χ0n) is 11.1. The Kier molecular flexibility index (Phi) is 4.34. The fourth-order valence-corrected chi connectivity index (χ4v) is 2.87. The van der Waals surface area contributed by atoms with Crippen LogP contribution in [0.4, 0.5) is 14.5 Å². The van der Waals surface area contributed by atoms with E-state index in [2.05, 4.69) is 24.1 Å². The molecule has 1 heterocycles. The van der Waals surface area contributed by atoms with Crippen molar-refractivity contribution in [3.63, 3.8) is 0 Å². The Morgan fingerprint density at radius 2 is 1.89 bits per heavy atom. The molecule has 1 aliphatic rings. The summed E-state index contributed by atoms with van der Waals surface area (Å²) in [6.07, 6.45) is 1.18. The van der Waals surface area contributed by atoms with E-state index < -0.39 is 11.6 Å². The highest BCUT2D eigenvalue weighted by molar-refractivity contribution is 7.80. The molecule has 2 nitrogen and oxygen atoms in total. The number of benzene rings is 1. The number of nitrogens with zero attached hydrogens (tertiary/aromatic N) is 1. The largest absolute Gasteiger partial charge is 0.348 e. The van der Waals surface area contributed by atoms with Crippen molar-refractivity contribution in [2.24, 2.45) is 11.8 Å². The number of anilines is 1. The summed E-state index contributed by atoms with van der Waals surface area (Å²) in [6.45, 7) is 6.12. The van der Waals surface area contributed by atoms with Crippen LogP contribution >= 0.6 is 12.2 Å². The molecular formula is C14H18F2N2S. The van der Waals surface area contributed by atoms with Crippen LogP contribution in [0.15, 0.2) is 18.2 Å². The summed E-state index contributed by atoms with van der Waals surface area (Å²) in [5.74, 6) is -0.0715. The maximum atomic E-state index is 13.6. The molecule has 0 radical (unpaired) electrons. The van der Waals surface area contributed by atoms with Crippen LogP contribution in [-0.4, -0.2) is 23.1 Å². The molecule has 0 bridgehead atoms. The number of hydrogen-bond acceptors (Lipinski definition) is 1. The third kappa shape index (κ3) is 3.62. The van der Waals surface area contributed by atoms with Gasteiger partial charge >= 0.3 is 0 Å². The lowest BCUT2D eigenvalue weighted by Crippen LogP contribution is -2.44. The van der Waals surface area contributed by atoms with E-state index in [-0.39, 0.29) is 5.69 Å². The average molecular weight is 284 g/mol. The molecule has 0 aromatic heterocycles. The smallest absolute Gasteiger partial charge is 0.173 e. The minimum atomic E-state index is -0.625. The van der Waals surface area contributed by atoms with Gasteiger partial charge < -0.3 is 10.2 Å². The second-order valence-electron chi connectivity index (χ2n) is 5.41. The van der Waals surface area contributed by atoms with Crippen LogP contribution in [0.5, 0.6) is 0 Å². The molecule has 2 unspecified atom stereocenters. The van der Waals surface area contributed by atoms with Crippen molar-refractivity contribution in [3.05, 3.63) is 29.8 Å². The van der Waals surface area contributed by atoms with Gasteiger partial charge in [-0.1, -0.05) is 13.8 Å². The van der Waals surface area contributed by atoms with Crippen molar-refractivity contribution >= 4 is 23.0 Å². The lowest BCUT2D eigenvalue weighted by atomic mass is 9.92. The summed E-state index contributed by atoms with van der Waals surface area (Å²) < 4.78 is 26.4. The first-order chi connectivity index (χ1) is 8.95. The maximum Gasteiger partial charge on any atom is 0.173 e. The van der Waals surface area contributed by atoms with Gasteiger partial charge in [-0.05, 0) is 42.6 Å². The molecule has 2 rings (SSSR count). The number of halogens is 2. The Labute approximate surface area is 117 Å². The molecule has 0 saturated carbocycles. The summed E-state index contributed by atoms with van der Waals surface area (Å²) >= 11 is 5.31. The van der Waals surface area contributed by atoms with Crippen LogP contribution in [0.3, 0.4) is 0 Å². The molecule has 2 atom stereocenters. The summed E-state index contributed by atoms with van der Waals surface area (Å²) in [5.41, 5.74) is 0.220. The first-order valence-corrected chi connectivity index (χ1v) is 6.87. The highest BCUT2D eigenvalue weighted by Gasteiger charge is 2.23. The van der Waals surface area contributed by atoms with Gasteiger partial charge in [0.05, 0.1) is 5.69 Å². The standard InChI is InChI=1S/C14H18F2N2S/c1-9-5-10(2)8-18(7-9)14(19)17-13-4-3-11(15)6-12(13)16/h3-4,6,9-10H,5,7-8H2,1-2H3,(H,17,19). The van der Waals surface area contributed by atoms with Gasteiger partial charge in [-0.3, -0.25) is 0 Å². The van der Waals surface area contributed by atoms with Crippen LogP contribution in [0.25, 0.3) is 0 Å². The number of piperidine rings is 1. The molecule has 1 saturated heterocycles. The van der Waals surface area contributed by atoms with Crippen LogP contribution in [0.1, 0.15) is 20.3 Å². The second-order valence-corrected chi connectivity index (χ2v) is 5.79. The molecular weight excluding hydrogens is 266 g/mol. The molecule has 0 aliphatic carbocycles. The predicted molar refractivity (Wildman–Crippen MR) is 77.1 cm³/mol. The highest BCUT2D eigenvalue weighted by Crippen LogP contribution is 2.22. The van der Waals surface area contributed by atoms with Crippen LogP contribution < -0.4 is 5.32 Å². The Balaban J connectivity index is 2.04. The second kappa shape index (κ2) is 5.82. The van der Waals surface area contributed by atoms with Gasteiger partial charge in [0.2, 0.25) is 0 Å². The van der Waals surface area contributed by atoms with Crippen molar-refractivity contribution in [1.82, 2.24) is 4.90 Å². The normalized spacial score (nSPS) is 23.3. The summed E-state index contributed by atoms with van der Waals surface area (Å²) in [4.78, 5) is 2.05. The van der Waals surface area contributed by atoms with Crippen molar-refractivity contribution in [2.45, 2.75) is 20.3 Å². The average Bonchev–Trinajstić information content (AvgIpc) is 2.31. The van der Waals surface area contributed by atoms with Crippen molar-refractivity contribution in [3.8, 4) is 0 Å². The summed E-state index contributed by atoms with van der Waals surface area (Å²) in [6, 6.07) is 3.44. The van der Waals surface area contributed by atoms with Gasteiger partial charge in [0, 0.05) is 19.2 Å². The van der Waals surface area contributed by atoms with E-state index in [1.165, 1.54) is 18.6 Å². The van der Waals surface area contributed by atoms with Crippen molar-refractivity contribution < 1.29 is 8.78 Å². The Morgan fingerprint density at radius 3 is 2.47 bits per heavy atom. The molecule has 1 fully saturated rings. The molecule has 19 heavy (non-hydrogen) atoms. The predicted octanol–water partition coefficient (Wildman–Crippen LogP) is 3.64. The molecule has 5 heteroatoms. The quantitative estimate of drug-likeness (QED) is 0.793. The molecule has 1 aromatic carbocycles. The zero-order chi connectivity index (χ0) is 14.0. The highest BCUT2D eigenvalue weighted by atomic mass is 32.1. The lowest BCUT2D eigenvalue weighted by molar-refractivity contribution is 0.216. The molecule has 1 N–H and O–H groups in total. The molecule has 1 aromatic rings. The van der Waals surface area contributed by atoms with Gasteiger partial charge in [0.25, 0.3) is 0 Å². The molecule has 1 aliphatic heterocycles. The minimum absolute atomic E-state index is 0.220. The minimum Gasteiger partial charge on any atom is -0.348 e. The van der Waals surface area contributed by atoms with E-state index in [4.69, 9.17) is 12.2 Å². The third-order valence-electron chi connectivity index (χ3n) is 3.33. The van der Waals surface area contributed by atoms with Gasteiger partial charge in [-0.15, -0.1) is 0 Å². The summed E-state index contributed by atoms with van der Waals surface area (Å²) in [7, 11) is 0. The monoisotopic (exact) mass is 284 g/mol. The van der Waals surface area contributed by atoms with Gasteiger partial charge in [0.15, 0.2) is 5.11 Å². The van der Waals surface area contributed by atoms with Gasteiger partial charge in [-0.2, -0.15) is 0 Å². The SMILES string of the molecule is CC1CC(C)CN(C(=S)Nc2ccc(F)cc2F)C1. The van der Waals surface area contributed by atoms with Crippen LogP contribution in [-0.2, 0) is 0 Å². The van der Waals surface area contributed by atoms with E-state index in [1.54, 1.807) is 0 Å². The number of nitrogens with one attached hydrogen (secondary N) is 1. The maximum absolute atomic E-state index is 13.6. The first kappa shape index (κ1) is 14.2. The van der Waals surface area contributed by atoms with Crippen LogP contribution in [0.2, 0.25) is 0 Å². The van der Waals surface area contributed by atoms with E-state index in [9.17, 15) is 8.78 Å². The van der Waals surface area contributed by atoms with E-state index in [0.29, 0.717) is 16.9 Å². The van der Waals surface area contributed by atoms with E-state index >= 15 is 0 Å². The van der Waals surface area contributed by atoms with Crippen molar-refractivity contribution in [2.75, 3.05) is 18.4 Å². The van der Waals surface area contributed by atoms with Gasteiger partial charge in [0.1, 0.15) is 11.6 Å². The molecule has 0 spiro atoms. The molecule has 104 valence electrons. The Hall–Kier alpha value is -1.23. The topological polar surface area (TPSA) is 15.3 Å². The fraction of sp³-hybridized carbons (Fsp3) is 0.500. The zero-order valence-corrected chi connectivity index (χ0v) is 11.9. The summed E-state index contributed by atoms with van der Waals surface area (Å²) in [5, 5.41) is 3.37. The number of rotatable bonds is 1. The van der Waals surface area contributed by atoms with Crippen LogP contribution in [0, 0.1) is 23.5 Å².